The van der Waals surface area contributed by atoms with E-state index in [2.05, 4.69) is 38.6 Å². The average Bonchev–Trinajstić information content (AvgIpc) is 2.76. The van der Waals surface area contributed by atoms with Crippen molar-refractivity contribution in [2.45, 2.75) is 45.8 Å². The van der Waals surface area contributed by atoms with Gasteiger partial charge in [0.05, 0.1) is 0 Å². The number of nitrogens with zero attached hydrogens (tertiary/aromatic N) is 1. The first kappa shape index (κ1) is 15.1. The molecule has 1 aromatic heterocycles. The van der Waals surface area contributed by atoms with Gasteiger partial charge in [-0.05, 0) is 31.6 Å². The summed E-state index contributed by atoms with van der Waals surface area (Å²) in [5.41, 5.74) is 3.35. The minimum absolute atomic E-state index is 0.843. The standard InChI is InChI=1S/C15H23NOS/c1-5-8-9-18-11-14-13(7-3)15(17-16-14)10-12(4)6-2/h7,10H,3,5-6,8-9,11H2,1-2,4H3/b12-10-. The Labute approximate surface area is 115 Å². The topological polar surface area (TPSA) is 26.0 Å². The van der Waals surface area contributed by atoms with Crippen molar-refractivity contribution in [3.05, 3.63) is 29.2 Å². The Kier molecular flexibility index (Phi) is 6.88. The lowest BCUT2D eigenvalue weighted by molar-refractivity contribution is 0.407. The molecular weight excluding hydrogens is 242 g/mol. The molecule has 2 nitrogen and oxygen atoms in total. The molecule has 0 radical (unpaired) electrons. The van der Waals surface area contributed by atoms with E-state index >= 15 is 0 Å². The molecule has 18 heavy (non-hydrogen) atoms. The first-order chi connectivity index (χ1) is 8.72. The monoisotopic (exact) mass is 265 g/mol. The Bertz CT molecular complexity index is 407. The van der Waals surface area contributed by atoms with Crippen LogP contribution in [-0.2, 0) is 5.75 Å². The van der Waals surface area contributed by atoms with Crippen LogP contribution in [0.5, 0.6) is 0 Å². The molecule has 1 heterocycles. The number of hydrogen-bond acceptors (Lipinski definition) is 3. The molecule has 0 amide bonds. The lowest BCUT2D eigenvalue weighted by Crippen LogP contribution is -1.87. The molecule has 0 spiro atoms. The maximum absolute atomic E-state index is 5.41. The van der Waals surface area contributed by atoms with Gasteiger partial charge in [-0.3, -0.25) is 0 Å². The fourth-order valence-electron chi connectivity index (χ4n) is 1.51. The predicted molar refractivity (Wildman–Crippen MR) is 81.6 cm³/mol. The molecule has 1 aromatic rings. The number of thioether (sulfide) groups is 1. The Morgan fingerprint density at radius 2 is 2.22 bits per heavy atom. The smallest absolute Gasteiger partial charge is 0.167 e. The summed E-state index contributed by atoms with van der Waals surface area (Å²) < 4.78 is 5.41. The van der Waals surface area contributed by atoms with Gasteiger partial charge in [-0.2, -0.15) is 11.8 Å². The van der Waals surface area contributed by atoms with Crippen molar-refractivity contribution in [2.24, 2.45) is 0 Å². The minimum Gasteiger partial charge on any atom is -0.356 e. The molecule has 100 valence electrons. The molecule has 0 saturated heterocycles. The van der Waals surface area contributed by atoms with Crippen LogP contribution in [0.2, 0.25) is 0 Å². The maximum atomic E-state index is 5.41. The first-order valence-corrected chi connectivity index (χ1v) is 7.74. The second-order valence-corrected chi connectivity index (χ2v) is 5.47. The molecule has 0 bridgehead atoms. The summed E-state index contributed by atoms with van der Waals surface area (Å²) in [7, 11) is 0. The Balaban J connectivity index is 2.72. The van der Waals surface area contributed by atoms with Crippen molar-refractivity contribution in [1.82, 2.24) is 5.16 Å². The molecule has 0 unspecified atom stereocenters. The quantitative estimate of drug-likeness (QED) is 0.607. The Hall–Kier alpha value is -0.960. The third-order valence-corrected chi connectivity index (χ3v) is 3.91. The maximum Gasteiger partial charge on any atom is 0.167 e. The summed E-state index contributed by atoms with van der Waals surface area (Å²) in [5, 5.41) is 4.16. The number of unbranched alkanes of at least 4 members (excludes halogenated alkanes) is 1. The van der Waals surface area contributed by atoms with Gasteiger partial charge in [0.1, 0.15) is 5.69 Å². The normalized spacial score (nSPS) is 11.8. The van der Waals surface area contributed by atoms with E-state index < -0.39 is 0 Å². The van der Waals surface area contributed by atoms with E-state index in [1.807, 2.05) is 17.8 Å². The number of rotatable bonds is 8. The molecule has 0 saturated carbocycles. The molecule has 0 aliphatic heterocycles. The highest BCUT2D eigenvalue weighted by Gasteiger charge is 2.11. The van der Waals surface area contributed by atoms with Gasteiger partial charge in [-0.1, -0.05) is 43.7 Å². The van der Waals surface area contributed by atoms with Crippen molar-refractivity contribution < 1.29 is 4.52 Å². The fourth-order valence-corrected chi connectivity index (χ4v) is 2.55. The average molecular weight is 265 g/mol. The largest absolute Gasteiger partial charge is 0.356 e. The molecule has 1 rings (SSSR count). The van der Waals surface area contributed by atoms with Gasteiger partial charge < -0.3 is 4.52 Å². The summed E-state index contributed by atoms with van der Waals surface area (Å²) in [6, 6.07) is 0. The van der Waals surface area contributed by atoms with Gasteiger partial charge in [0.2, 0.25) is 0 Å². The molecule has 3 heteroatoms. The molecule has 0 aliphatic rings. The summed E-state index contributed by atoms with van der Waals surface area (Å²) >= 11 is 1.91. The van der Waals surface area contributed by atoms with Crippen LogP contribution >= 0.6 is 11.8 Å². The third kappa shape index (κ3) is 4.37. The molecular formula is C15H23NOS. The summed E-state index contributed by atoms with van der Waals surface area (Å²) in [6.45, 7) is 10.3. The van der Waals surface area contributed by atoms with Crippen LogP contribution in [-0.4, -0.2) is 10.9 Å². The second-order valence-electron chi connectivity index (χ2n) is 4.36. The van der Waals surface area contributed by atoms with Crippen LogP contribution in [0.15, 0.2) is 16.7 Å². The number of hydrogen-bond donors (Lipinski definition) is 0. The minimum atomic E-state index is 0.843. The van der Waals surface area contributed by atoms with E-state index in [0.717, 1.165) is 29.2 Å². The predicted octanol–water partition coefficient (Wildman–Crippen LogP) is 5.16. The lowest BCUT2D eigenvalue weighted by atomic mass is 10.1. The number of allylic oxidation sites excluding steroid dienone is 1. The third-order valence-electron chi connectivity index (χ3n) is 2.85. The highest BCUT2D eigenvalue weighted by Crippen LogP contribution is 2.23. The van der Waals surface area contributed by atoms with Gasteiger partial charge in [0.25, 0.3) is 0 Å². The van der Waals surface area contributed by atoms with Crippen molar-refractivity contribution in [3.8, 4) is 0 Å². The highest BCUT2D eigenvalue weighted by atomic mass is 32.2. The van der Waals surface area contributed by atoms with Crippen molar-refractivity contribution in [2.75, 3.05) is 5.75 Å². The zero-order valence-electron chi connectivity index (χ0n) is 11.7. The first-order valence-electron chi connectivity index (χ1n) is 6.58. The second kappa shape index (κ2) is 8.20. The van der Waals surface area contributed by atoms with Crippen molar-refractivity contribution in [1.29, 1.82) is 0 Å². The molecule has 0 fully saturated rings. The van der Waals surface area contributed by atoms with Crippen LogP contribution in [0, 0.1) is 0 Å². The van der Waals surface area contributed by atoms with E-state index in [0.29, 0.717) is 0 Å². The van der Waals surface area contributed by atoms with Gasteiger partial charge >= 0.3 is 0 Å². The molecule has 0 N–H and O–H groups in total. The molecule has 0 aliphatic carbocycles. The Morgan fingerprint density at radius 1 is 1.44 bits per heavy atom. The zero-order valence-corrected chi connectivity index (χ0v) is 12.5. The van der Waals surface area contributed by atoms with Crippen LogP contribution in [0.25, 0.3) is 12.2 Å². The van der Waals surface area contributed by atoms with Crippen LogP contribution in [0.4, 0.5) is 0 Å². The van der Waals surface area contributed by atoms with Crippen LogP contribution in [0.1, 0.15) is 57.1 Å². The van der Waals surface area contributed by atoms with Gasteiger partial charge in [-0.15, -0.1) is 0 Å². The van der Waals surface area contributed by atoms with Crippen molar-refractivity contribution >= 4 is 23.9 Å². The van der Waals surface area contributed by atoms with Crippen LogP contribution < -0.4 is 0 Å². The highest BCUT2D eigenvalue weighted by molar-refractivity contribution is 7.98. The number of aromatic nitrogens is 1. The summed E-state index contributed by atoms with van der Waals surface area (Å²) in [5.74, 6) is 2.93. The lowest BCUT2D eigenvalue weighted by Gasteiger charge is -1.98. The van der Waals surface area contributed by atoms with E-state index in [-0.39, 0.29) is 0 Å². The SMILES string of the molecule is C=Cc1c(CSCCCC)noc1/C=C(/C)CC. The van der Waals surface area contributed by atoms with Gasteiger partial charge in [0, 0.05) is 11.3 Å². The Morgan fingerprint density at radius 3 is 2.83 bits per heavy atom. The summed E-state index contributed by atoms with van der Waals surface area (Å²) in [4.78, 5) is 0. The van der Waals surface area contributed by atoms with E-state index in [9.17, 15) is 0 Å². The van der Waals surface area contributed by atoms with E-state index in [1.54, 1.807) is 0 Å². The zero-order chi connectivity index (χ0) is 13.4. The molecule has 0 aromatic carbocycles. The van der Waals surface area contributed by atoms with Crippen molar-refractivity contribution in [3.63, 3.8) is 0 Å². The van der Waals surface area contributed by atoms with Crippen LogP contribution in [0.3, 0.4) is 0 Å². The van der Waals surface area contributed by atoms with E-state index in [4.69, 9.17) is 4.52 Å². The summed E-state index contributed by atoms with van der Waals surface area (Å²) in [6.07, 6.45) is 7.43. The van der Waals surface area contributed by atoms with E-state index in [1.165, 1.54) is 24.2 Å². The van der Waals surface area contributed by atoms with Gasteiger partial charge in [0.15, 0.2) is 5.76 Å². The molecule has 0 atom stereocenters. The van der Waals surface area contributed by atoms with Gasteiger partial charge in [-0.25, -0.2) is 0 Å². The fraction of sp³-hybridized carbons (Fsp3) is 0.533.